The van der Waals surface area contributed by atoms with Crippen LogP contribution in [0.25, 0.3) is 0 Å². The van der Waals surface area contributed by atoms with Gasteiger partial charge < -0.3 is 5.32 Å². The molecular weight excluding hydrogens is 225 g/mol. The van der Waals surface area contributed by atoms with Crippen molar-refractivity contribution in [3.8, 4) is 0 Å². The predicted octanol–water partition coefficient (Wildman–Crippen LogP) is 3.84. The number of hydrogen-bond acceptors (Lipinski definition) is 1. The lowest BCUT2D eigenvalue weighted by Gasteiger charge is -2.19. The van der Waals surface area contributed by atoms with Gasteiger partial charge in [0.25, 0.3) is 0 Å². The molecule has 1 saturated carbocycles. The van der Waals surface area contributed by atoms with Crippen molar-refractivity contribution in [3.63, 3.8) is 0 Å². The third-order valence-electron chi connectivity index (χ3n) is 3.21. The van der Waals surface area contributed by atoms with E-state index in [2.05, 4.69) is 5.32 Å². The fourth-order valence-corrected chi connectivity index (χ4v) is 2.36. The molecular formula is C13H19ClFN. The van der Waals surface area contributed by atoms with E-state index in [-0.39, 0.29) is 24.3 Å². The van der Waals surface area contributed by atoms with Crippen molar-refractivity contribution in [1.29, 1.82) is 0 Å². The largest absolute Gasteiger partial charge is 0.307 e. The first kappa shape index (κ1) is 13.5. The van der Waals surface area contributed by atoms with E-state index in [1.54, 1.807) is 6.07 Å². The molecule has 1 N–H and O–H groups in total. The van der Waals surface area contributed by atoms with Gasteiger partial charge in [-0.05, 0) is 25.8 Å². The van der Waals surface area contributed by atoms with Crippen molar-refractivity contribution < 1.29 is 4.39 Å². The summed E-state index contributed by atoms with van der Waals surface area (Å²) >= 11 is 0. The van der Waals surface area contributed by atoms with Crippen molar-refractivity contribution in [3.05, 3.63) is 35.6 Å². The van der Waals surface area contributed by atoms with Crippen molar-refractivity contribution in [2.24, 2.45) is 0 Å². The minimum absolute atomic E-state index is 0. The maximum Gasteiger partial charge on any atom is 0.127 e. The summed E-state index contributed by atoms with van der Waals surface area (Å²) in [4.78, 5) is 0. The summed E-state index contributed by atoms with van der Waals surface area (Å²) in [5, 5.41) is 3.50. The zero-order chi connectivity index (χ0) is 10.7. The van der Waals surface area contributed by atoms with E-state index in [0.717, 1.165) is 5.56 Å². The lowest BCUT2D eigenvalue weighted by Crippen LogP contribution is -2.29. The van der Waals surface area contributed by atoms with Crippen LogP contribution in [0.15, 0.2) is 24.3 Å². The Morgan fingerprint density at radius 1 is 1.25 bits per heavy atom. The van der Waals surface area contributed by atoms with E-state index in [9.17, 15) is 4.39 Å². The van der Waals surface area contributed by atoms with Gasteiger partial charge in [-0.15, -0.1) is 12.4 Å². The normalized spacial score (nSPS) is 18.1. The van der Waals surface area contributed by atoms with Gasteiger partial charge in [-0.2, -0.15) is 0 Å². The van der Waals surface area contributed by atoms with Crippen molar-refractivity contribution in [2.45, 2.75) is 44.7 Å². The molecule has 0 heterocycles. The van der Waals surface area contributed by atoms with Crippen LogP contribution in [0.4, 0.5) is 4.39 Å². The van der Waals surface area contributed by atoms with Crippen LogP contribution in [0.1, 0.15) is 44.2 Å². The van der Waals surface area contributed by atoms with Gasteiger partial charge in [0.1, 0.15) is 5.82 Å². The second-order valence-corrected chi connectivity index (χ2v) is 4.39. The van der Waals surface area contributed by atoms with Crippen LogP contribution in [-0.4, -0.2) is 6.04 Å². The van der Waals surface area contributed by atoms with Crippen molar-refractivity contribution >= 4 is 12.4 Å². The third kappa shape index (κ3) is 3.19. The van der Waals surface area contributed by atoms with E-state index >= 15 is 0 Å². The molecule has 0 spiro atoms. The van der Waals surface area contributed by atoms with Gasteiger partial charge in [0.2, 0.25) is 0 Å². The Kier molecular flexibility index (Phi) is 5.23. The van der Waals surface area contributed by atoms with Crippen LogP contribution >= 0.6 is 12.4 Å². The van der Waals surface area contributed by atoms with Gasteiger partial charge in [0.05, 0.1) is 0 Å². The second kappa shape index (κ2) is 6.21. The van der Waals surface area contributed by atoms with Crippen LogP contribution in [0, 0.1) is 5.82 Å². The number of nitrogens with one attached hydrogen (secondary N) is 1. The summed E-state index contributed by atoms with van der Waals surface area (Å²) in [7, 11) is 0. The van der Waals surface area contributed by atoms with Gasteiger partial charge in [-0.25, -0.2) is 4.39 Å². The summed E-state index contributed by atoms with van der Waals surface area (Å²) in [5.41, 5.74) is 0.782. The summed E-state index contributed by atoms with van der Waals surface area (Å²) in [6, 6.07) is 7.73. The zero-order valence-corrected chi connectivity index (χ0v) is 10.4. The van der Waals surface area contributed by atoms with Crippen LogP contribution in [-0.2, 0) is 0 Å². The summed E-state index contributed by atoms with van der Waals surface area (Å²) < 4.78 is 13.5. The molecule has 1 atom stereocenters. The average molecular weight is 244 g/mol. The highest BCUT2D eigenvalue weighted by Gasteiger charge is 2.18. The molecule has 1 unspecified atom stereocenters. The fraction of sp³-hybridized carbons (Fsp3) is 0.538. The predicted molar refractivity (Wildman–Crippen MR) is 67.5 cm³/mol. The van der Waals surface area contributed by atoms with Gasteiger partial charge in [0, 0.05) is 17.6 Å². The lowest BCUT2D eigenvalue weighted by molar-refractivity contribution is 0.447. The molecule has 0 aliphatic heterocycles. The molecule has 3 heteroatoms. The number of halogens is 2. The third-order valence-corrected chi connectivity index (χ3v) is 3.21. The Labute approximate surface area is 103 Å². The van der Waals surface area contributed by atoms with E-state index in [1.165, 1.54) is 31.7 Å². The molecule has 0 amide bonds. The summed E-state index contributed by atoms with van der Waals surface area (Å²) in [6.45, 7) is 2.04. The molecule has 1 aliphatic carbocycles. The van der Waals surface area contributed by atoms with Gasteiger partial charge >= 0.3 is 0 Å². The van der Waals surface area contributed by atoms with E-state index < -0.39 is 0 Å². The molecule has 1 fully saturated rings. The first-order valence-corrected chi connectivity index (χ1v) is 5.78. The molecule has 1 aromatic carbocycles. The van der Waals surface area contributed by atoms with Gasteiger partial charge in [-0.3, -0.25) is 0 Å². The molecule has 0 saturated heterocycles. The maximum atomic E-state index is 13.5. The molecule has 90 valence electrons. The van der Waals surface area contributed by atoms with Crippen LogP contribution < -0.4 is 5.32 Å². The Morgan fingerprint density at radius 3 is 2.50 bits per heavy atom. The van der Waals surface area contributed by atoms with E-state index in [1.807, 2.05) is 19.1 Å². The molecule has 0 bridgehead atoms. The van der Waals surface area contributed by atoms with Crippen molar-refractivity contribution in [1.82, 2.24) is 5.32 Å². The second-order valence-electron chi connectivity index (χ2n) is 4.39. The van der Waals surface area contributed by atoms with Crippen LogP contribution in [0.5, 0.6) is 0 Å². The molecule has 16 heavy (non-hydrogen) atoms. The Bertz CT molecular complexity index is 323. The maximum absolute atomic E-state index is 13.5. The molecule has 1 aromatic rings. The number of benzene rings is 1. The highest BCUT2D eigenvalue weighted by atomic mass is 35.5. The summed E-state index contributed by atoms with van der Waals surface area (Å²) in [5.74, 6) is -0.101. The SMILES string of the molecule is CC(NC1CCCC1)c1ccccc1F.Cl. The number of rotatable bonds is 3. The molecule has 0 radical (unpaired) electrons. The Hall–Kier alpha value is -0.600. The highest BCUT2D eigenvalue weighted by molar-refractivity contribution is 5.85. The zero-order valence-electron chi connectivity index (χ0n) is 9.58. The average Bonchev–Trinajstić information content (AvgIpc) is 2.71. The molecule has 0 aromatic heterocycles. The van der Waals surface area contributed by atoms with Crippen molar-refractivity contribution in [2.75, 3.05) is 0 Å². The smallest absolute Gasteiger partial charge is 0.127 e. The van der Waals surface area contributed by atoms with E-state index in [0.29, 0.717) is 6.04 Å². The quantitative estimate of drug-likeness (QED) is 0.851. The number of hydrogen-bond donors (Lipinski definition) is 1. The Balaban J connectivity index is 0.00000128. The standard InChI is InChI=1S/C13H18FN.ClH/c1-10(15-11-6-2-3-7-11)12-8-4-5-9-13(12)14;/h4-5,8-11,15H,2-3,6-7H2,1H3;1H. The highest BCUT2D eigenvalue weighted by Crippen LogP contribution is 2.23. The Morgan fingerprint density at radius 2 is 1.88 bits per heavy atom. The molecule has 2 rings (SSSR count). The first-order valence-electron chi connectivity index (χ1n) is 5.78. The summed E-state index contributed by atoms with van der Waals surface area (Å²) in [6.07, 6.45) is 5.08. The lowest BCUT2D eigenvalue weighted by atomic mass is 10.1. The van der Waals surface area contributed by atoms with Gasteiger partial charge in [0.15, 0.2) is 0 Å². The molecule has 1 nitrogen and oxygen atoms in total. The monoisotopic (exact) mass is 243 g/mol. The first-order chi connectivity index (χ1) is 7.27. The fourth-order valence-electron chi connectivity index (χ4n) is 2.36. The van der Waals surface area contributed by atoms with Crippen LogP contribution in [0.3, 0.4) is 0 Å². The topological polar surface area (TPSA) is 12.0 Å². The molecule has 1 aliphatic rings. The van der Waals surface area contributed by atoms with Crippen LogP contribution in [0.2, 0.25) is 0 Å². The van der Waals surface area contributed by atoms with Gasteiger partial charge in [-0.1, -0.05) is 31.0 Å². The minimum Gasteiger partial charge on any atom is -0.307 e. The van der Waals surface area contributed by atoms with E-state index in [4.69, 9.17) is 0 Å². The minimum atomic E-state index is -0.101.